The highest BCUT2D eigenvalue weighted by Gasteiger charge is 2.12. The van der Waals surface area contributed by atoms with Gasteiger partial charge >= 0.3 is 0 Å². The summed E-state index contributed by atoms with van der Waals surface area (Å²) in [7, 11) is 0. The van der Waals surface area contributed by atoms with Gasteiger partial charge in [-0.2, -0.15) is 0 Å². The molecule has 0 fully saturated rings. The molecular formula is C21H22N4O. The molecule has 1 amide bonds. The minimum absolute atomic E-state index is 0.244. The summed E-state index contributed by atoms with van der Waals surface area (Å²) in [6.07, 6.45) is 0. The zero-order valence-electron chi connectivity index (χ0n) is 15.2. The molecular weight excluding hydrogens is 324 g/mol. The predicted molar refractivity (Wildman–Crippen MR) is 104 cm³/mol. The van der Waals surface area contributed by atoms with Crippen LogP contribution in [0.4, 0.5) is 11.5 Å². The van der Waals surface area contributed by atoms with Crippen molar-refractivity contribution in [2.45, 2.75) is 27.3 Å². The first kappa shape index (κ1) is 17.6. The van der Waals surface area contributed by atoms with Crippen LogP contribution in [0, 0.1) is 20.8 Å². The van der Waals surface area contributed by atoms with Gasteiger partial charge in [0.2, 0.25) is 0 Å². The Hall–Kier alpha value is -3.21. The summed E-state index contributed by atoms with van der Waals surface area (Å²) >= 11 is 0. The molecule has 3 rings (SSSR count). The number of carbonyl (C=O) groups is 1. The quantitative estimate of drug-likeness (QED) is 0.724. The van der Waals surface area contributed by atoms with Crippen LogP contribution in [0.25, 0.3) is 0 Å². The molecule has 1 heterocycles. The third-order valence-electron chi connectivity index (χ3n) is 4.03. The zero-order chi connectivity index (χ0) is 18.5. The smallest absolute Gasteiger partial charge is 0.274 e. The van der Waals surface area contributed by atoms with Crippen LogP contribution in [0.3, 0.4) is 0 Å². The summed E-state index contributed by atoms with van der Waals surface area (Å²) in [6, 6.07) is 17.7. The summed E-state index contributed by atoms with van der Waals surface area (Å²) < 4.78 is 0. The lowest BCUT2D eigenvalue weighted by Gasteiger charge is -2.11. The van der Waals surface area contributed by atoms with Crippen molar-refractivity contribution in [2.24, 2.45) is 0 Å². The number of hydrogen-bond donors (Lipinski definition) is 2. The van der Waals surface area contributed by atoms with Crippen molar-refractivity contribution in [3.05, 3.63) is 82.8 Å². The highest BCUT2D eigenvalue weighted by atomic mass is 16.1. The van der Waals surface area contributed by atoms with E-state index in [2.05, 4.69) is 20.6 Å². The molecule has 0 saturated heterocycles. The fourth-order valence-electron chi connectivity index (χ4n) is 2.62. The van der Waals surface area contributed by atoms with Crippen LogP contribution in [-0.2, 0) is 6.54 Å². The molecule has 0 unspecified atom stereocenters. The third kappa shape index (κ3) is 4.45. The molecule has 26 heavy (non-hydrogen) atoms. The van der Waals surface area contributed by atoms with Gasteiger partial charge in [-0.25, -0.2) is 9.97 Å². The molecule has 2 aromatic carbocycles. The van der Waals surface area contributed by atoms with E-state index in [9.17, 15) is 4.79 Å². The van der Waals surface area contributed by atoms with Gasteiger partial charge in [0, 0.05) is 18.3 Å². The number of nitrogens with one attached hydrogen (secondary N) is 2. The van der Waals surface area contributed by atoms with Gasteiger partial charge in [-0.3, -0.25) is 4.79 Å². The van der Waals surface area contributed by atoms with E-state index in [4.69, 9.17) is 0 Å². The molecule has 0 bridgehead atoms. The van der Waals surface area contributed by atoms with Crippen LogP contribution in [0.15, 0.2) is 54.6 Å². The Kier molecular flexibility index (Phi) is 5.27. The van der Waals surface area contributed by atoms with Crippen molar-refractivity contribution in [2.75, 3.05) is 10.6 Å². The molecule has 0 aliphatic carbocycles. The Morgan fingerprint density at radius 3 is 2.50 bits per heavy atom. The maximum absolute atomic E-state index is 12.6. The Balaban J connectivity index is 1.76. The van der Waals surface area contributed by atoms with E-state index in [1.54, 1.807) is 13.0 Å². The van der Waals surface area contributed by atoms with E-state index in [1.807, 2.05) is 62.4 Å². The zero-order valence-corrected chi connectivity index (χ0v) is 15.2. The molecule has 0 aliphatic rings. The number of anilines is 2. The van der Waals surface area contributed by atoms with Crippen molar-refractivity contribution in [3.8, 4) is 0 Å². The molecule has 132 valence electrons. The highest BCUT2D eigenvalue weighted by Crippen LogP contribution is 2.18. The topological polar surface area (TPSA) is 66.9 Å². The van der Waals surface area contributed by atoms with E-state index in [0.29, 0.717) is 23.9 Å². The number of aryl methyl sites for hydroxylation is 3. The molecule has 0 saturated carbocycles. The van der Waals surface area contributed by atoms with Crippen LogP contribution in [0.5, 0.6) is 0 Å². The Morgan fingerprint density at radius 2 is 1.73 bits per heavy atom. The third-order valence-corrected chi connectivity index (χ3v) is 4.03. The fraction of sp³-hybridized carbons (Fsp3) is 0.190. The van der Waals surface area contributed by atoms with Gasteiger partial charge in [0.1, 0.15) is 17.3 Å². The molecule has 0 aliphatic heterocycles. The van der Waals surface area contributed by atoms with E-state index < -0.39 is 0 Å². The van der Waals surface area contributed by atoms with Gasteiger partial charge < -0.3 is 10.6 Å². The minimum Gasteiger partial charge on any atom is -0.366 e. The highest BCUT2D eigenvalue weighted by molar-refractivity contribution is 6.03. The molecule has 0 atom stereocenters. The van der Waals surface area contributed by atoms with Gasteiger partial charge in [-0.1, -0.05) is 42.5 Å². The number of hydrogen-bond acceptors (Lipinski definition) is 4. The maximum Gasteiger partial charge on any atom is 0.274 e. The monoisotopic (exact) mass is 346 g/mol. The number of benzene rings is 2. The summed E-state index contributed by atoms with van der Waals surface area (Å²) in [4.78, 5) is 21.3. The standard InChI is InChI=1S/C21H22N4O/c1-14-9-10-15(2)18(11-14)25-21(26)19-12-20(24-16(3)23-19)22-13-17-7-5-4-6-8-17/h4-12H,13H2,1-3H3,(H,25,26)(H,22,23,24). The van der Waals surface area contributed by atoms with Gasteiger partial charge in [0.25, 0.3) is 5.91 Å². The molecule has 0 radical (unpaired) electrons. The van der Waals surface area contributed by atoms with Crippen molar-refractivity contribution < 1.29 is 4.79 Å². The van der Waals surface area contributed by atoms with Crippen LogP contribution in [0.2, 0.25) is 0 Å². The lowest BCUT2D eigenvalue weighted by molar-refractivity contribution is 0.102. The van der Waals surface area contributed by atoms with E-state index >= 15 is 0 Å². The molecule has 0 spiro atoms. The predicted octanol–water partition coefficient (Wildman–Crippen LogP) is 4.27. The van der Waals surface area contributed by atoms with E-state index in [0.717, 1.165) is 22.4 Å². The first-order valence-electron chi connectivity index (χ1n) is 8.53. The van der Waals surface area contributed by atoms with E-state index in [-0.39, 0.29) is 5.91 Å². The number of nitrogens with zero attached hydrogens (tertiary/aromatic N) is 2. The average molecular weight is 346 g/mol. The second-order valence-corrected chi connectivity index (χ2v) is 6.30. The van der Waals surface area contributed by atoms with E-state index in [1.165, 1.54) is 0 Å². The first-order valence-corrected chi connectivity index (χ1v) is 8.53. The molecule has 3 aromatic rings. The molecule has 2 N–H and O–H groups in total. The summed E-state index contributed by atoms with van der Waals surface area (Å²) in [5.74, 6) is 0.939. The van der Waals surface area contributed by atoms with Crippen molar-refractivity contribution in [1.82, 2.24) is 9.97 Å². The Morgan fingerprint density at radius 1 is 0.962 bits per heavy atom. The Labute approximate surface area is 153 Å². The SMILES string of the molecule is Cc1ccc(C)c(NC(=O)c2cc(NCc3ccccc3)nc(C)n2)c1. The fourth-order valence-corrected chi connectivity index (χ4v) is 2.62. The summed E-state index contributed by atoms with van der Waals surface area (Å²) in [5, 5.41) is 6.19. The van der Waals surface area contributed by atoms with Crippen molar-refractivity contribution in [1.29, 1.82) is 0 Å². The van der Waals surface area contributed by atoms with Gasteiger partial charge in [0.05, 0.1) is 0 Å². The van der Waals surface area contributed by atoms with Crippen LogP contribution >= 0.6 is 0 Å². The number of amides is 1. The molecule has 5 nitrogen and oxygen atoms in total. The molecule has 5 heteroatoms. The van der Waals surface area contributed by atoms with Crippen LogP contribution in [-0.4, -0.2) is 15.9 Å². The lowest BCUT2D eigenvalue weighted by atomic mass is 10.1. The largest absolute Gasteiger partial charge is 0.366 e. The number of rotatable bonds is 5. The second-order valence-electron chi connectivity index (χ2n) is 6.30. The minimum atomic E-state index is -0.244. The first-order chi connectivity index (χ1) is 12.5. The summed E-state index contributed by atoms with van der Waals surface area (Å²) in [6.45, 7) is 6.38. The van der Waals surface area contributed by atoms with Crippen molar-refractivity contribution >= 4 is 17.4 Å². The van der Waals surface area contributed by atoms with Gasteiger partial charge in [0.15, 0.2) is 0 Å². The lowest BCUT2D eigenvalue weighted by Crippen LogP contribution is -2.16. The van der Waals surface area contributed by atoms with Crippen LogP contribution < -0.4 is 10.6 Å². The van der Waals surface area contributed by atoms with Crippen molar-refractivity contribution in [3.63, 3.8) is 0 Å². The maximum atomic E-state index is 12.6. The van der Waals surface area contributed by atoms with Gasteiger partial charge in [-0.05, 0) is 43.5 Å². The molecule has 1 aromatic heterocycles. The second kappa shape index (κ2) is 7.78. The number of carbonyl (C=O) groups excluding carboxylic acids is 1. The Bertz CT molecular complexity index is 923. The normalized spacial score (nSPS) is 10.4. The summed E-state index contributed by atoms with van der Waals surface area (Å²) in [5.41, 5.74) is 4.39. The van der Waals surface area contributed by atoms with Gasteiger partial charge in [-0.15, -0.1) is 0 Å². The number of aromatic nitrogens is 2. The average Bonchev–Trinajstić information content (AvgIpc) is 2.63. The van der Waals surface area contributed by atoms with Crippen LogP contribution in [0.1, 0.15) is 33.0 Å².